The van der Waals surface area contributed by atoms with Crippen LogP contribution in [0, 0.1) is 4.64 Å². The number of H-pyrrole nitrogens is 1. The van der Waals surface area contributed by atoms with Crippen LogP contribution in [-0.4, -0.2) is 19.7 Å². The van der Waals surface area contributed by atoms with Crippen LogP contribution in [0.4, 0.5) is 0 Å². The maximum Gasteiger partial charge on any atom is 0.130 e. The molecule has 1 N–H and O–H groups in total. The number of rotatable bonds is 5. The molecule has 2 rings (SSSR count). The van der Waals surface area contributed by atoms with E-state index in [-0.39, 0.29) is 0 Å². The number of aromatic amines is 1. The third-order valence-corrected chi connectivity index (χ3v) is 2.88. The molecule has 0 spiro atoms. The molecule has 2 heterocycles. The average Bonchev–Trinajstić information content (AvgIpc) is 2.78. The summed E-state index contributed by atoms with van der Waals surface area (Å²) in [5.41, 5.74) is 2.06. The SMILES string of the molecule is CCCc1nc(=S)cc(-c2cnn(CCC)c2)[nH]1. The molecule has 0 aliphatic rings. The zero-order chi connectivity index (χ0) is 13.0. The predicted molar refractivity (Wildman–Crippen MR) is 74.9 cm³/mol. The van der Waals surface area contributed by atoms with E-state index in [0.717, 1.165) is 42.9 Å². The van der Waals surface area contributed by atoms with Gasteiger partial charge in [-0.15, -0.1) is 0 Å². The summed E-state index contributed by atoms with van der Waals surface area (Å²) in [5, 5.41) is 4.33. The van der Waals surface area contributed by atoms with Crippen molar-refractivity contribution in [1.82, 2.24) is 19.7 Å². The Bertz CT molecular complexity index is 570. The fourth-order valence-electron chi connectivity index (χ4n) is 1.87. The van der Waals surface area contributed by atoms with Crippen molar-refractivity contribution in [3.8, 4) is 11.3 Å². The largest absolute Gasteiger partial charge is 0.343 e. The molecule has 0 radical (unpaired) electrons. The zero-order valence-corrected chi connectivity index (χ0v) is 11.6. The molecule has 0 aromatic carbocycles. The summed E-state index contributed by atoms with van der Waals surface area (Å²) in [7, 11) is 0. The van der Waals surface area contributed by atoms with Gasteiger partial charge in [-0.3, -0.25) is 4.68 Å². The number of aromatic nitrogens is 4. The van der Waals surface area contributed by atoms with Crippen LogP contribution in [-0.2, 0) is 13.0 Å². The van der Waals surface area contributed by atoms with Crippen LogP contribution in [0.25, 0.3) is 11.3 Å². The Balaban J connectivity index is 2.33. The van der Waals surface area contributed by atoms with Gasteiger partial charge in [0.05, 0.1) is 11.9 Å². The van der Waals surface area contributed by atoms with Crippen molar-refractivity contribution in [1.29, 1.82) is 0 Å². The number of hydrogen-bond donors (Lipinski definition) is 1. The fraction of sp³-hybridized carbons (Fsp3) is 0.462. The smallest absolute Gasteiger partial charge is 0.130 e. The molecule has 0 saturated carbocycles. The Labute approximate surface area is 112 Å². The molecule has 5 heteroatoms. The summed E-state index contributed by atoms with van der Waals surface area (Å²) in [6, 6.07) is 1.89. The van der Waals surface area contributed by atoms with Crippen LogP contribution in [0.15, 0.2) is 18.5 Å². The first kappa shape index (κ1) is 13.0. The average molecular weight is 262 g/mol. The van der Waals surface area contributed by atoms with Crippen LogP contribution >= 0.6 is 12.2 Å². The van der Waals surface area contributed by atoms with E-state index in [2.05, 4.69) is 28.9 Å². The molecular weight excluding hydrogens is 244 g/mol. The fourth-order valence-corrected chi connectivity index (χ4v) is 2.10. The van der Waals surface area contributed by atoms with Crippen molar-refractivity contribution >= 4 is 12.2 Å². The summed E-state index contributed by atoms with van der Waals surface area (Å²) in [4.78, 5) is 7.65. The van der Waals surface area contributed by atoms with Gasteiger partial charge in [0.25, 0.3) is 0 Å². The summed E-state index contributed by atoms with van der Waals surface area (Å²) >= 11 is 5.20. The summed E-state index contributed by atoms with van der Waals surface area (Å²) in [6.07, 6.45) is 6.96. The second-order valence-electron chi connectivity index (χ2n) is 4.32. The minimum absolute atomic E-state index is 0.635. The maximum atomic E-state index is 5.20. The van der Waals surface area contributed by atoms with Crippen LogP contribution in [0.3, 0.4) is 0 Å². The van der Waals surface area contributed by atoms with Gasteiger partial charge in [0.1, 0.15) is 10.5 Å². The molecule has 0 unspecified atom stereocenters. The van der Waals surface area contributed by atoms with Crippen LogP contribution in [0.1, 0.15) is 32.5 Å². The van der Waals surface area contributed by atoms with Gasteiger partial charge in [-0.2, -0.15) is 5.10 Å². The zero-order valence-electron chi connectivity index (χ0n) is 10.8. The highest BCUT2D eigenvalue weighted by Gasteiger charge is 2.04. The minimum atomic E-state index is 0.635. The Hall–Kier alpha value is -1.49. The molecule has 0 amide bonds. The molecule has 4 nitrogen and oxygen atoms in total. The van der Waals surface area contributed by atoms with Crippen molar-refractivity contribution in [2.75, 3.05) is 0 Å². The van der Waals surface area contributed by atoms with Crippen molar-refractivity contribution in [2.45, 2.75) is 39.7 Å². The lowest BCUT2D eigenvalue weighted by molar-refractivity contribution is 0.603. The van der Waals surface area contributed by atoms with Gasteiger partial charge in [-0.25, -0.2) is 4.98 Å². The molecule has 0 fully saturated rings. The lowest BCUT2D eigenvalue weighted by atomic mass is 10.2. The molecule has 2 aromatic heterocycles. The summed E-state index contributed by atoms with van der Waals surface area (Å²) in [6.45, 7) is 5.21. The first-order valence-corrected chi connectivity index (χ1v) is 6.76. The highest BCUT2D eigenvalue weighted by atomic mass is 32.1. The molecule has 96 valence electrons. The van der Waals surface area contributed by atoms with Gasteiger partial charge in [-0.05, 0) is 18.9 Å². The standard InChI is InChI=1S/C13H18N4S/c1-3-5-12-15-11(7-13(18)16-12)10-8-14-17(9-10)6-4-2/h7-9H,3-6H2,1-2H3,(H,15,16,18). The number of hydrogen-bond acceptors (Lipinski definition) is 3. The van der Waals surface area contributed by atoms with Gasteiger partial charge in [-0.1, -0.05) is 26.1 Å². The van der Waals surface area contributed by atoms with E-state index >= 15 is 0 Å². The second-order valence-corrected chi connectivity index (χ2v) is 4.74. The van der Waals surface area contributed by atoms with E-state index in [1.807, 2.05) is 23.1 Å². The molecule has 0 aliphatic heterocycles. The van der Waals surface area contributed by atoms with E-state index < -0.39 is 0 Å². The molecule has 0 bridgehead atoms. The van der Waals surface area contributed by atoms with Crippen LogP contribution in [0.2, 0.25) is 0 Å². The molecular formula is C13H18N4S. The number of nitrogens with zero attached hydrogens (tertiary/aromatic N) is 3. The summed E-state index contributed by atoms with van der Waals surface area (Å²) in [5.74, 6) is 0.947. The van der Waals surface area contributed by atoms with E-state index in [0.29, 0.717) is 4.64 Å². The third-order valence-electron chi connectivity index (χ3n) is 2.68. The van der Waals surface area contributed by atoms with Crippen LogP contribution < -0.4 is 0 Å². The van der Waals surface area contributed by atoms with E-state index in [9.17, 15) is 0 Å². The van der Waals surface area contributed by atoms with E-state index in [1.54, 1.807) is 0 Å². The highest BCUT2D eigenvalue weighted by Crippen LogP contribution is 2.16. The normalized spacial score (nSPS) is 10.8. The van der Waals surface area contributed by atoms with Crippen molar-refractivity contribution in [3.05, 3.63) is 28.9 Å². The van der Waals surface area contributed by atoms with Crippen molar-refractivity contribution in [2.24, 2.45) is 0 Å². The predicted octanol–water partition coefficient (Wildman–Crippen LogP) is 3.37. The maximum absolute atomic E-state index is 5.20. The van der Waals surface area contributed by atoms with Gasteiger partial charge in [0.15, 0.2) is 0 Å². The van der Waals surface area contributed by atoms with E-state index in [4.69, 9.17) is 12.2 Å². The highest BCUT2D eigenvalue weighted by molar-refractivity contribution is 7.71. The Morgan fingerprint density at radius 3 is 2.89 bits per heavy atom. The van der Waals surface area contributed by atoms with Crippen molar-refractivity contribution < 1.29 is 0 Å². The lowest BCUT2D eigenvalue weighted by Crippen LogP contribution is -1.97. The van der Waals surface area contributed by atoms with Gasteiger partial charge < -0.3 is 4.98 Å². The number of aryl methyl sites for hydroxylation is 2. The van der Waals surface area contributed by atoms with E-state index in [1.165, 1.54) is 0 Å². The second kappa shape index (κ2) is 5.91. The lowest BCUT2D eigenvalue weighted by Gasteiger charge is -2.03. The third kappa shape index (κ3) is 3.04. The van der Waals surface area contributed by atoms with Gasteiger partial charge >= 0.3 is 0 Å². The first-order chi connectivity index (χ1) is 8.72. The summed E-state index contributed by atoms with van der Waals surface area (Å²) < 4.78 is 2.59. The quantitative estimate of drug-likeness (QED) is 0.840. The van der Waals surface area contributed by atoms with Crippen molar-refractivity contribution in [3.63, 3.8) is 0 Å². The first-order valence-electron chi connectivity index (χ1n) is 6.36. The Morgan fingerprint density at radius 1 is 1.33 bits per heavy atom. The number of nitrogens with one attached hydrogen (secondary N) is 1. The van der Waals surface area contributed by atoms with Gasteiger partial charge in [0.2, 0.25) is 0 Å². The Morgan fingerprint density at radius 2 is 2.17 bits per heavy atom. The van der Waals surface area contributed by atoms with Crippen LogP contribution in [0.5, 0.6) is 0 Å². The van der Waals surface area contributed by atoms with Gasteiger partial charge in [0, 0.05) is 24.7 Å². The molecule has 0 atom stereocenters. The Kier molecular flexibility index (Phi) is 4.25. The molecule has 0 saturated heterocycles. The molecule has 0 aliphatic carbocycles. The molecule has 2 aromatic rings. The molecule has 18 heavy (non-hydrogen) atoms. The monoisotopic (exact) mass is 262 g/mol. The topological polar surface area (TPSA) is 46.5 Å². The minimum Gasteiger partial charge on any atom is -0.343 e.